The lowest BCUT2D eigenvalue weighted by atomic mass is 10.2. The molecule has 0 radical (unpaired) electrons. The van der Waals surface area contributed by atoms with E-state index in [-0.39, 0.29) is 23.5 Å². The lowest BCUT2D eigenvalue weighted by Crippen LogP contribution is -2.19. The third-order valence-corrected chi connectivity index (χ3v) is 3.77. The molecule has 0 aliphatic rings. The molecule has 132 valence electrons. The summed E-state index contributed by atoms with van der Waals surface area (Å²) < 4.78 is 15.3. The number of carbonyl (C=O) groups excluding carboxylic acids is 1. The molecule has 0 saturated heterocycles. The average Bonchev–Trinajstić information content (AvgIpc) is 2.98. The molecule has 1 heterocycles. The molecule has 0 atom stereocenters. The molecule has 0 spiro atoms. The minimum absolute atomic E-state index is 0.0627. The molecule has 8 nitrogen and oxygen atoms in total. The van der Waals surface area contributed by atoms with Crippen LogP contribution in [0.3, 0.4) is 0 Å². The number of nitro groups is 1. The molecule has 0 aliphatic heterocycles. The Labute approximate surface area is 145 Å². The number of hydrogen-bond acceptors (Lipinski definition) is 4. The number of carboxylic acids is 1. The molecule has 0 unspecified atom stereocenters. The number of carbonyl (C=O) groups is 2. The number of fused-ring (bicyclic) bond motifs is 1. The molecule has 9 heteroatoms. The van der Waals surface area contributed by atoms with E-state index in [2.05, 4.69) is 5.32 Å². The van der Waals surface area contributed by atoms with Crippen molar-refractivity contribution in [1.82, 2.24) is 4.57 Å². The van der Waals surface area contributed by atoms with Gasteiger partial charge in [0.25, 0.3) is 5.69 Å². The molecule has 0 bridgehead atoms. The molecule has 2 aromatic carbocycles. The number of halogens is 1. The number of aromatic carboxylic acids is 1. The van der Waals surface area contributed by atoms with E-state index in [1.54, 1.807) is 16.8 Å². The van der Waals surface area contributed by atoms with Crippen LogP contribution in [0.5, 0.6) is 0 Å². The van der Waals surface area contributed by atoms with Crippen molar-refractivity contribution in [3.05, 3.63) is 70.2 Å². The van der Waals surface area contributed by atoms with Gasteiger partial charge < -0.3 is 15.0 Å². The second-order valence-corrected chi connectivity index (χ2v) is 5.49. The summed E-state index contributed by atoms with van der Waals surface area (Å²) in [6, 6.07) is 8.95. The highest BCUT2D eigenvalue weighted by Crippen LogP contribution is 2.22. The lowest BCUT2D eigenvalue weighted by Gasteiger charge is -2.09. The van der Waals surface area contributed by atoms with E-state index in [4.69, 9.17) is 5.11 Å². The highest BCUT2D eigenvalue weighted by Gasteiger charge is 2.13. The second-order valence-electron chi connectivity index (χ2n) is 5.49. The highest BCUT2D eigenvalue weighted by atomic mass is 19.1. The molecule has 1 amide bonds. The zero-order valence-electron chi connectivity index (χ0n) is 13.2. The molecule has 0 aliphatic carbocycles. The van der Waals surface area contributed by atoms with Crippen molar-refractivity contribution in [3.63, 3.8) is 0 Å². The second kappa shape index (κ2) is 6.63. The summed E-state index contributed by atoms with van der Waals surface area (Å²) in [5.74, 6) is -2.56. The smallest absolute Gasteiger partial charge is 0.335 e. The predicted octanol–water partition coefficient (Wildman–Crippen LogP) is 3.03. The zero-order valence-corrected chi connectivity index (χ0v) is 13.2. The monoisotopic (exact) mass is 357 g/mol. The van der Waals surface area contributed by atoms with Crippen LogP contribution in [0.15, 0.2) is 48.7 Å². The molecule has 0 fully saturated rings. The normalized spacial score (nSPS) is 10.7. The van der Waals surface area contributed by atoms with Crippen LogP contribution in [0.25, 0.3) is 10.9 Å². The van der Waals surface area contributed by atoms with E-state index in [1.165, 1.54) is 18.2 Å². The average molecular weight is 357 g/mol. The van der Waals surface area contributed by atoms with Gasteiger partial charge >= 0.3 is 5.97 Å². The Morgan fingerprint density at radius 3 is 2.65 bits per heavy atom. The Balaban J connectivity index is 1.80. The summed E-state index contributed by atoms with van der Waals surface area (Å²) in [7, 11) is 0. The SMILES string of the molecule is O=C(Cn1ccc2cc([N+](=O)[O-])ccc21)Nc1cc(C(=O)O)ccc1F. The summed E-state index contributed by atoms with van der Waals surface area (Å²) in [6.45, 7) is -0.169. The maximum absolute atomic E-state index is 13.8. The number of non-ortho nitro benzene ring substituents is 1. The van der Waals surface area contributed by atoms with Gasteiger partial charge in [0.2, 0.25) is 5.91 Å². The Bertz CT molecular complexity index is 1040. The number of hydrogen-bond donors (Lipinski definition) is 2. The van der Waals surface area contributed by atoms with E-state index < -0.39 is 22.6 Å². The van der Waals surface area contributed by atoms with E-state index in [9.17, 15) is 24.1 Å². The Kier molecular flexibility index (Phi) is 4.36. The van der Waals surface area contributed by atoms with Crippen LogP contribution in [-0.4, -0.2) is 26.5 Å². The number of carboxylic acid groups (broad SMARTS) is 1. The first-order valence-corrected chi connectivity index (χ1v) is 7.41. The first kappa shape index (κ1) is 17.1. The molecule has 2 N–H and O–H groups in total. The zero-order chi connectivity index (χ0) is 18.8. The third-order valence-electron chi connectivity index (χ3n) is 3.77. The molecular formula is C17H12FN3O5. The van der Waals surface area contributed by atoms with Gasteiger partial charge in [-0.05, 0) is 30.3 Å². The van der Waals surface area contributed by atoms with Crippen molar-refractivity contribution in [2.75, 3.05) is 5.32 Å². The Morgan fingerprint density at radius 1 is 1.19 bits per heavy atom. The summed E-state index contributed by atoms with van der Waals surface area (Å²) in [4.78, 5) is 33.4. The van der Waals surface area contributed by atoms with Gasteiger partial charge in [-0.25, -0.2) is 9.18 Å². The van der Waals surface area contributed by atoms with Crippen LogP contribution >= 0.6 is 0 Å². The Hall–Kier alpha value is -3.75. The number of benzene rings is 2. The van der Waals surface area contributed by atoms with Gasteiger partial charge in [-0.15, -0.1) is 0 Å². The van der Waals surface area contributed by atoms with Crippen LogP contribution in [0.1, 0.15) is 10.4 Å². The number of rotatable bonds is 5. The van der Waals surface area contributed by atoms with Crippen LogP contribution in [-0.2, 0) is 11.3 Å². The summed E-state index contributed by atoms with van der Waals surface area (Å²) in [5.41, 5.74) is 0.153. The molecule has 26 heavy (non-hydrogen) atoms. The number of aromatic nitrogens is 1. The van der Waals surface area contributed by atoms with E-state index in [0.29, 0.717) is 10.9 Å². The van der Waals surface area contributed by atoms with Gasteiger partial charge in [-0.3, -0.25) is 14.9 Å². The van der Waals surface area contributed by atoms with Gasteiger partial charge in [-0.1, -0.05) is 0 Å². The van der Waals surface area contributed by atoms with Gasteiger partial charge in [0.15, 0.2) is 0 Å². The molecule has 0 saturated carbocycles. The number of nitrogens with zero attached hydrogens (tertiary/aromatic N) is 2. The molecule has 1 aromatic heterocycles. The van der Waals surface area contributed by atoms with Gasteiger partial charge in [0.05, 0.1) is 16.2 Å². The maximum Gasteiger partial charge on any atom is 0.335 e. The van der Waals surface area contributed by atoms with Crippen molar-refractivity contribution in [3.8, 4) is 0 Å². The topological polar surface area (TPSA) is 114 Å². The highest BCUT2D eigenvalue weighted by molar-refractivity contribution is 5.94. The lowest BCUT2D eigenvalue weighted by molar-refractivity contribution is -0.384. The molecule has 3 rings (SSSR count). The fraction of sp³-hybridized carbons (Fsp3) is 0.0588. The number of anilines is 1. The predicted molar refractivity (Wildman–Crippen MR) is 90.6 cm³/mol. The Morgan fingerprint density at radius 2 is 1.96 bits per heavy atom. The fourth-order valence-corrected chi connectivity index (χ4v) is 2.54. The number of nitro benzene ring substituents is 1. The van der Waals surface area contributed by atoms with Crippen LogP contribution in [0, 0.1) is 15.9 Å². The van der Waals surface area contributed by atoms with E-state index in [0.717, 1.165) is 18.2 Å². The summed E-state index contributed by atoms with van der Waals surface area (Å²) in [5, 5.41) is 22.7. The largest absolute Gasteiger partial charge is 0.478 e. The minimum Gasteiger partial charge on any atom is -0.478 e. The summed E-state index contributed by atoms with van der Waals surface area (Å²) in [6.07, 6.45) is 1.58. The summed E-state index contributed by atoms with van der Waals surface area (Å²) >= 11 is 0. The first-order chi connectivity index (χ1) is 12.3. The van der Waals surface area contributed by atoms with E-state index in [1.807, 2.05) is 0 Å². The quantitative estimate of drug-likeness (QED) is 0.538. The van der Waals surface area contributed by atoms with Crippen molar-refractivity contribution in [2.45, 2.75) is 6.54 Å². The van der Waals surface area contributed by atoms with Crippen LogP contribution in [0.4, 0.5) is 15.8 Å². The van der Waals surface area contributed by atoms with Gasteiger partial charge in [0, 0.05) is 29.2 Å². The standard InChI is InChI=1S/C17H12FN3O5/c18-13-3-1-11(17(23)24)8-14(13)19-16(22)9-20-6-5-10-7-12(21(25)26)2-4-15(10)20/h1-8H,9H2,(H,19,22)(H,23,24). The van der Waals surface area contributed by atoms with Crippen molar-refractivity contribution in [1.29, 1.82) is 0 Å². The van der Waals surface area contributed by atoms with Crippen molar-refractivity contribution in [2.24, 2.45) is 0 Å². The first-order valence-electron chi connectivity index (χ1n) is 7.41. The number of nitrogens with one attached hydrogen (secondary N) is 1. The molecular weight excluding hydrogens is 345 g/mol. The van der Waals surface area contributed by atoms with Gasteiger partial charge in [-0.2, -0.15) is 0 Å². The van der Waals surface area contributed by atoms with E-state index >= 15 is 0 Å². The molecule has 3 aromatic rings. The maximum atomic E-state index is 13.8. The van der Waals surface area contributed by atoms with Crippen molar-refractivity contribution < 1.29 is 24.0 Å². The fourth-order valence-electron chi connectivity index (χ4n) is 2.54. The number of amides is 1. The third kappa shape index (κ3) is 3.36. The van der Waals surface area contributed by atoms with Crippen molar-refractivity contribution >= 4 is 34.2 Å². The van der Waals surface area contributed by atoms with Crippen LogP contribution < -0.4 is 5.32 Å². The minimum atomic E-state index is -1.24. The van der Waals surface area contributed by atoms with Crippen LogP contribution in [0.2, 0.25) is 0 Å². The van der Waals surface area contributed by atoms with Gasteiger partial charge in [0.1, 0.15) is 12.4 Å².